The van der Waals surface area contributed by atoms with E-state index in [0.717, 1.165) is 13.0 Å². The lowest BCUT2D eigenvalue weighted by atomic mass is 10.0. The number of benzene rings is 1. The van der Waals surface area contributed by atoms with Crippen LogP contribution in [0, 0.1) is 5.92 Å². The fourth-order valence-electron chi connectivity index (χ4n) is 2.49. The second-order valence-corrected chi connectivity index (χ2v) is 5.45. The van der Waals surface area contributed by atoms with E-state index in [0.29, 0.717) is 5.92 Å². The fourth-order valence-corrected chi connectivity index (χ4v) is 2.49. The lowest BCUT2D eigenvalue weighted by Crippen LogP contribution is -2.29. The molecule has 0 fully saturated rings. The molecule has 2 rings (SSSR count). The third kappa shape index (κ3) is 2.81. The normalized spacial score (nSPS) is 17.2. The van der Waals surface area contributed by atoms with Crippen molar-refractivity contribution in [2.75, 3.05) is 6.54 Å². The molecular formula is C16H21NO. The van der Waals surface area contributed by atoms with Gasteiger partial charge >= 0.3 is 0 Å². The molecule has 18 heavy (non-hydrogen) atoms. The minimum absolute atomic E-state index is 0.152. The molecule has 0 saturated carbocycles. The maximum Gasteiger partial charge on any atom is 0.247 e. The first-order valence-electron chi connectivity index (χ1n) is 6.63. The van der Waals surface area contributed by atoms with Crippen LogP contribution in [0.15, 0.2) is 42.0 Å². The Labute approximate surface area is 109 Å². The van der Waals surface area contributed by atoms with Gasteiger partial charge in [0.2, 0.25) is 5.91 Å². The standard InChI is InChI=1S/C16H21NO/c1-12(2)9-14-10-16(18)17(11-14)13(3)15-7-5-4-6-8-15/h4-8,10,12-13H,9,11H2,1-3H3. The summed E-state index contributed by atoms with van der Waals surface area (Å²) in [6.07, 6.45) is 2.84. The second kappa shape index (κ2) is 5.38. The summed E-state index contributed by atoms with van der Waals surface area (Å²) >= 11 is 0. The molecule has 2 nitrogen and oxygen atoms in total. The molecule has 96 valence electrons. The SMILES string of the molecule is CC(C)CC1=CC(=O)N(C(C)c2ccccc2)C1. The van der Waals surface area contributed by atoms with E-state index < -0.39 is 0 Å². The number of hydrogen-bond donors (Lipinski definition) is 0. The first-order chi connectivity index (χ1) is 8.58. The van der Waals surface area contributed by atoms with E-state index in [-0.39, 0.29) is 11.9 Å². The van der Waals surface area contributed by atoms with Gasteiger partial charge in [0.1, 0.15) is 0 Å². The van der Waals surface area contributed by atoms with Crippen LogP contribution in [0.5, 0.6) is 0 Å². The molecule has 2 heteroatoms. The van der Waals surface area contributed by atoms with E-state index >= 15 is 0 Å². The molecule has 0 bridgehead atoms. The summed E-state index contributed by atoms with van der Waals surface area (Å²) in [6, 6.07) is 10.4. The van der Waals surface area contributed by atoms with Crippen LogP contribution in [0.3, 0.4) is 0 Å². The quantitative estimate of drug-likeness (QED) is 0.791. The Morgan fingerprint density at radius 1 is 1.17 bits per heavy atom. The van der Waals surface area contributed by atoms with Crippen molar-refractivity contribution in [3.8, 4) is 0 Å². The van der Waals surface area contributed by atoms with Gasteiger partial charge in [0, 0.05) is 12.6 Å². The first kappa shape index (κ1) is 12.9. The van der Waals surface area contributed by atoms with Gasteiger partial charge < -0.3 is 4.90 Å². The highest BCUT2D eigenvalue weighted by atomic mass is 16.2. The summed E-state index contributed by atoms with van der Waals surface area (Å²) in [5.41, 5.74) is 2.46. The lowest BCUT2D eigenvalue weighted by Gasteiger charge is -2.25. The van der Waals surface area contributed by atoms with Crippen LogP contribution in [-0.2, 0) is 4.79 Å². The number of nitrogens with zero attached hydrogens (tertiary/aromatic N) is 1. The predicted molar refractivity (Wildman–Crippen MR) is 74.1 cm³/mol. The van der Waals surface area contributed by atoms with Gasteiger partial charge in [-0.25, -0.2) is 0 Å². The molecule has 1 aliphatic heterocycles. The molecule has 1 heterocycles. The molecule has 0 spiro atoms. The van der Waals surface area contributed by atoms with Gasteiger partial charge in [-0.05, 0) is 30.4 Å². The van der Waals surface area contributed by atoms with Gasteiger partial charge in [-0.1, -0.05) is 44.2 Å². The number of hydrogen-bond acceptors (Lipinski definition) is 1. The van der Waals surface area contributed by atoms with Crippen LogP contribution in [0.2, 0.25) is 0 Å². The molecule has 0 radical (unpaired) electrons. The summed E-state index contributed by atoms with van der Waals surface area (Å²) in [7, 11) is 0. The van der Waals surface area contributed by atoms with Crippen LogP contribution < -0.4 is 0 Å². The topological polar surface area (TPSA) is 20.3 Å². The van der Waals surface area contributed by atoms with E-state index in [2.05, 4.69) is 32.9 Å². The first-order valence-corrected chi connectivity index (χ1v) is 6.63. The Hall–Kier alpha value is -1.57. The maximum atomic E-state index is 12.0. The van der Waals surface area contributed by atoms with Crippen LogP contribution >= 0.6 is 0 Å². The van der Waals surface area contributed by atoms with Crippen molar-refractivity contribution < 1.29 is 4.79 Å². The Morgan fingerprint density at radius 2 is 1.83 bits per heavy atom. The molecule has 0 aliphatic carbocycles. The van der Waals surface area contributed by atoms with E-state index in [1.165, 1.54) is 11.1 Å². The van der Waals surface area contributed by atoms with Crippen molar-refractivity contribution in [1.29, 1.82) is 0 Å². The Balaban J connectivity index is 2.06. The lowest BCUT2D eigenvalue weighted by molar-refractivity contribution is -0.126. The Morgan fingerprint density at radius 3 is 2.44 bits per heavy atom. The van der Waals surface area contributed by atoms with Gasteiger partial charge in [-0.15, -0.1) is 0 Å². The maximum absolute atomic E-state index is 12.0. The monoisotopic (exact) mass is 243 g/mol. The molecule has 1 amide bonds. The highest BCUT2D eigenvalue weighted by molar-refractivity contribution is 5.91. The van der Waals surface area contributed by atoms with Gasteiger partial charge in [0.15, 0.2) is 0 Å². The molecule has 1 atom stereocenters. The number of rotatable bonds is 4. The number of carbonyl (C=O) groups excluding carboxylic acids is 1. The molecule has 1 aromatic carbocycles. The Kier molecular flexibility index (Phi) is 3.85. The predicted octanol–water partition coefficient (Wildman–Crippen LogP) is 3.56. The minimum Gasteiger partial charge on any atom is -0.328 e. The minimum atomic E-state index is 0.152. The third-order valence-electron chi connectivity index (χ3n) is 3.40. The molecule has 0 aromatic heterocycles. The van der Waals surface area contributed by atoms with Crippen LogP contribution in [0.4, 0.5) is 0 Å². The summed E-state index contributed by atoms with van der Waals surface area (Å²) in [5, 5.41) is 0. The largest absolute Gasteiger partial charge is 0.328 e. The number of amides is 1. The van der Waals surface area contributed by atoms with Crippen LogP contribution in [0.25, 0.3) is 0 Å². The average Bonchev–Trinajstić information content (AvgIpc) is 2.69. The van der Waals surface area contributed by atoms with E-state index in [9.17, 15) is 4.79 Å². The smallest absolute Gasteiger partial charge is 0.247 e. The molecule has 0 saturated heterocycles. The number of carbonyl (C=O) groups is 1. The molecule has 1 aliphatic rings. The average molecular weight is 243 g/mol. The fraction of sp³-hybridized carbons (Fsp3) is 0.438. The van der Waals surface area contributed by atoms with Crippen LogP contribution in [-0.4, -0.2) is 17.4 Å². The second-order valence-electron chi connectivity index (χ2n) is 5.45. The summed E-state index contributed by atoms with van der Waals surface area (Å²) in [5.74, 6) is 0.762. The molecular weight excluding hydrogens is 222 g/mol. The van der Waals surface area contributed by atoms with Crippen LogP contribution in [0.1, 0.15) is 38.8 Å². The highest BCUT2D eigenvalue weighted by Gasteiger charge is 2.26. The van der Waals surface area contributed by atoms with Gasteiger partial charge in [0.25, 0.3) is 0 Å². The van der Waals surface area contributed by atoms with Gasteiger partial charge in [-0.3, -0.25) is 4.79 Å². The van der Waals surface area contributed by atoms with E-state index in [4.69, 9.17) is 0 Å². The summed E-state index contributed by atoms with van der Waals surface area (Å²) in [6.45, 7) is 7.26. The van der Waals surface area contributed by atoms with E-state index in [1.54, 1.807) is 0 Å². The van der Waals surface area contributed by atoms with Crippen molar-refractivity contribution in [2.24, 2.45) is 5.92 Å². The zero-order valence-electron chi connectivity index (χ0n) is 11.4. The highest BCUT2D eigenvalue weighted by Crippen LogP contribution is 2.27. The summed E-state index contributed by atoms with van der Waals surface area (Å²) in [4.78, 5) is 14.0. The molecule has 0 N–H and O–H groups in total. The van der Waals surface area contributed by atoms with Crippen molar-refractivity contribution in [3.05, 3.63) is 47.5 Å². The molecule has 1 aromatic rings. The van der Waals surface area contributed by atoms with E-state index in [1.807, 2.05) is 29.2 Å². The zero-order chi connectivity index (χ0) is 13.1. The summed E-state index contributed by atoms with van der Waals surface area (Å²) < 4.78 is 0. The van der Waals surface area contributed by atoms with Gasteiger partial charge in [0.05, 0.1) is 6.04 Å². The zero-order valence-corrected chi connectivity index (χ0v) is 11.4. The molecule has 1 unspecified atom stereocenters. The van der Waals surface area contributed by atoms with Crippen molar-refractivity contribution in [2.45, 2.75) is 33.2 Å². The van der Waals surface area contributed by atoms with Gasteiger partial charge in [-0.2, -0.15) is 0 Å². The Bertz CT molecular complexity index is 447. The third-order valence-corrected chi connectivity index (χ3v) is 3.40. The van der Waals surface area contributed by atoms with Crippen molar-refractivity contribution >= 4 is 5.91 Å². The van der Waals surface area contributed by atoms with Crippen molar-refractivity contribution in [1.82, 2.24) is 4.90 Å². The van der Waals surface area contributed by atoms with Crippen molar-refractivity contribution in [3.63, 3.8) is 0 Å².